The molecule has 21 heavy (non-hydrogen) atoms. The molecule has 0 bridgehead atoms. The van der Waals surface area contributed by atoms with E-state index < -0.39 is 0 Å². The van der Waals surface area contributed by atoms with Crippen LogP contribution in [0.5, 0.6) is 5.75 Å². The molecule has 1 amide bonds. The lowest BCUT2D eigenvalue weighted by Gasteiger charge is -2.18. The normalized spacial score (nSPS) is 10.4. The second kappa shape index (κ2) is 7.47. The Morgan fingerprint density at radius 1 is 1.33 bits per heavy atom. The van der Waals surface area contributed by atoms with Crippen molar-refractivity contribution >= 4 is 5.91 Å². The molecule has 1 heterocycles. The Morgan fingerprint density at radius 2 is 2.14 bits per heavy atom. The van der Waals surface area contributed by atoms with Gasteiger partial charge in [-0.05, 0) is 18.6 Å². The second-order valence-electron chi connectivity index (χ2n) is 4.85. The van der Waals surface area contributed by atoms with Gasteiger partial charge in [0.25, 0.3) is 5.91 Å². The van der Waals surface area contributed by atoms with Gasteiger partial charge in [0.1, 0.15) is 17.7 Å². The van der Waals surface area contributed by atoms with Crippen LogP contribution in [0.15, 0.2) is 41.1 Å². The zero-order chi connectivity index (χ0) is 15.1. The first-order valence-corrected chi connectivity index (χ1v) is 7.09. The first kappa shape index (κ1) is 15.1. The molecule has 0 saturated carbocycles. The second-order valence-corrected chi connectivity index (χ2v) is 4.85. The number of hydrogen-bond acceptors (Lipinski definition) is 4. The molecule has 0 aliphatic carbocycles. The zero-order valence-electron chi connectivity index (χ0n) is 12.4. The quantitative estimate of drug-likeness (QED) is 0.734. The van der Waals surface area contributed by atoms with Crippen molar-refractivity contribution in [3.05, 3.63) is 47.9 Å². The molecule has 5 nitrogen and oxygen atoms in total. The Hall–Kier alpha value is -2.30. The highest BCUT2D eigenvalue weighted by atomic mass is 16.5. The van der Waals surface area contributed by atoms with Crippen molar-refractivity contribution in [2.75, 3.05) is 13.7 Å². The van der Waals surface area contributed by atoms with Crippen LogP contribution >= 0.6 is 0 Å². The molecular weight excluding hydrogens is 268 g/mol. The fourth-order valence-corrected chi connectivity index (χ4v) is 1.94. The molecule has 0 fully saturated rings. The number of rotatable bonds is 7. The summed E-state index contributed by atoms with van der Waals surface area (Å²) in [7, 11) is 1.74. The van der Waals surface area contributed by atoms with E-state index in [9.17, 15) is 4.79 Å². The topological polar surface area (TPSA) is 55.6 Å². The molecule has 0 aliphatic rings. The van der Waals surface area contributed by atoms with Crippen LogP contribution in [0.3, 0.4) is 0 Å². The van der Waals surface area contributed by atoms with Crippen LogP contribution in [-0.2, 0) is 6.54 Å². The highest BCUT2D eigenvalue weighted by Crippen LogP contribution is 2.20. The fourth-order valence-electron chi connectivity index (χ4n) is 1.94. The van der Waals surface area contributed by atoms with E-state index >= 15 is 0 Å². The van der Waals surface area contributed by atoms with Gasteiger partial charge in [0.15, 0.2) is 0 Å². The van der Waals surface area contributed by atoms with Gasteiger partial charge in [-0.1, -0.05) is 30.6 Å². The average molecular weight is 288 g/mol. The Labute approximate surface area is 124 Å². The number of unbranched alkanes of at least 4 members (excludes halogenated alkanes) is 1. The SMILES string of the molecule is CCCCOc1ccccc1C(=O)N(C)Cc1ccon1. The van der Waals surface area contributed by atoms with Crippen molar-refractivity contribution in [3.8, 4) is 5.75 Å². The molecule has 0 N–H and O–H groups in total. The number of para-hydroxylation sites is 1. The van der Waals surface area contributed by atoms with E-state index in [0.717, 1.165) is 18.5 Å². The van der Waals surface area contributed by atoms with Gasteiger partial charge < -0.3 is 14.2 Å². The summed E-state index contributed by atoms with van der Waals surface area (Å²) < 4.78 is 10.5. The summed E-state index contributed by atoms with van der Waals surface area (Å²) >= 11 is 0. The predicted octanol–water partition coefficient (Wildman–Crippen LogP) is 3.13. The number of aromatic nitrogens is 1. The molecule has 1 aromatic carbocycles. The van der Waals surface area contributed by atoms with E-state index in [1.54, 1.807) is 24.1 Å². The van der Waals surface area contributed by atoms with Crippen molar-refractivity contribution in [2.24, 2.45) is 0 Å². The first-order chi connectivity index (χ1) is 10.2. The summed E-state index contributed by atoms with van der Waals surface area (Å²) in [6, 6.07) is 9.06. The van der Waals surface area contributed by atoms with E-state index in [-0.39, 0.29) is 5.91 Å². The van der Waals surface area contributed by atoms with Gasteiger partial charge in [0.05, 0.1) is 18.7 Å². The number of benzene rings is 1. The van der Waals surface area contributed by atoms with Gasteiger partial charge in [-0.15, -0.1) is 0 Å². The number of amides is 1. The summed E-state index contributed by atoms with van der Waals surface area (Å²) in [5.74, 6) is 0.535. The minimum Gasteiger partial charge on any atom is -0.493 e. The fraction of sp³-hybridized carbons (Fsp3) is 0.375. The third-order valence-electron chi connectivity index (χ3n) is 3.11. The van der Waals surface area contributed by atoms with Crippen LogP contribution in [0.4, 0.5) is 0 Å². The van der Waals surface area contributed by atoms with Gasteiger partial charge in [0.2, 0.25) is 0 Å². The van der Waals surface area contributed by atoms with E-state index in [2.05, 4.69) is 12.1 Å². The minimum absolute atomic E-state index is 0.0925. The van der Waals surface area contributed by atoms with Crippen LogP contribution in [0.1, 0.15) is 35.8 Å². The molecule has 1 aromatic heterocycles. The molecule has 0 radical (unpaired) electrons. The molecule has 2 aromatic rings. The molecule has 2 rings (SSSR count). The molecule has 0 saturated heterocycles. The molecule has 112 valence electrons. The van der Waals surface area contributed by atoms with Gasteiger partial charge in [0, 0.05) is 13.1 Å². The molecule has 0 aliphatic heterocycles. The number of nitrogens with zero attached hydrogens (tertiary/aromatic N) is 2. The van der Waals surface area contributed by atoms with Crippen molar-refractivity contribution in [1.29, 1.82) is 0 Å². The maximum Gasteiger partial charge on any atom is 0.257 e. The Kier molecular flexibility index (Phi) is 5.37. The highest BCUT2D eigenvalue weighted by molar-refractivity contribution is 5.96. The first-order valence-electron chi connectivity index (χ1n) is 7.09. The van der Waals surface area contributed by atoms with Gasteiger partial charge in [-0.3, -0.25) is 4.79 Å². The molecular formula is C16H20N2O3. The lowest BCUT2D eigenvalue weighted by Crippen LogP contribution is -2.26. The number of carbonyl (C=O) groups excluding carboxylic acids is 1. The van der Waals surface area contributed by atoms with Crippen LogP contribution in [0, 0.1) is 0 Å². The summed E-state index contributed by atoms with van der Waals surface area (Å²) in [4.78, 5) is 14.1. The average Bonchev–Trinajstić information content (AvgIpc) is 3.00. The van der Waals surface area contributed by atoms with Crippen molar-refractivity contribution in [3.63, 3.8) is 0 Å². The van der Waals surface area contributed by atoms with Crippen LogP contribution in [0.2, 0.25) is 0 Å². The van der Waals surface area contributed by atoms with Crippen molar-refractivity contribution in [1.82, 2.24) is 10.1 Å². The highest BCUT2D eigenvalue weighted by Gasteiger charge is 2.17. The van der Waals surface area contributed by atoms with Crippen molar-refractivity contribution < 1.29 is 14.1 Å². The molecule has 5 heteroatoms. The maximum atomic E-state index is 12.5. The Morgan fingerprint density at radius 3 is 2.86 bits per heavy atom. The van der Waals surface area contributed by atoms with Gasteiger partial charge in [-0.25, -0.2) is 0 Å². The van der Waals surface area contributed by atoms with E-state index in [0.29, 0.717) is 24.5 Å². The maximum absolute atomic E-state index is 12.5. The number of ether oxygens (including phenoxy) is 1. The molecule has 0 unspecified atom stereocenters. The van der Waals surface area contributed by atoms with E-state index in [4.69, 9.17) is 9.26 Å². The van der Waals surface area contributed by atoms with Crippen molar-refractivity contribution in [2.45, 2.75) is 26.3 Å². The van der Waals surface area contributed by atoms with Crippen LogP contribution in [-0.4, -0.2) is 29.6 Å². The molecule has 0 atom stereocenters. The largest absolute Gasteiger partial charge is 0.493 e. The summed E-state index contributed by atoms with van der Waals surface area (Å²) in [6.45, 7) is 3.12. The monoisotopic (exact) mass is 288 g/mol. The third-order valence-corrected chi connectivity index (χ3v) is 3.11. The summed E-state index contributed by atoms with van der Waals surface area (Å²) in [5.41, 5.74) is 1.29. The molecule has 0 spiro atoms. The smallest absolute Gasteiger partial charge is 0.257 e. The summed E-state index contributed by atoms with van der Waals surface area (Å²) in [6.07, 6.45) is 3.52. The van der Waals surface area contributed by atoms with E-state index in [1.807, 2.05) is 18.2 Å². The number of hydrogen-bond donors (Lipinski definition) is 0. The third kappa shape index (κ3) is 4.08. The Bertz CT molecular complexity index is 567. The lowest BCUT2D eigenvalue weighted by atomic mass is 10.1. The lowest BCUT2D eigenvalue weighted by molar-refractivity contribution is 0.0777. The van der Waals surface area contributed by atoms with Gasteiger partial charge in [-0.2, -0.15) is 0 Å². The van der Waals surface area contributed by atoms with Crippen LogP contribution in [0.25, 0.3) is 0 Å². The van der Waals surface area contributed by atoms with Crippen LogP contribution < -0.4 is 4.74 Å². The summed E-state index contributed by atoms with van der Waals surface area (Å²) in [5, 5.41) is 3.82. The van der Waals surface area contributed by atoms with Gasteiger partial charge >= 0.3 is 0 Å². The number of carbonyl (C=O) groups is 1. The Balaban J connectivity index is 2.07. The predicted molar refractivity (Wildman–Crippen MR) is 79.1 cm³/mol. The minimum atomic E-state index is -0.0925. The van der Waals surface area contributed by atoms with E-state index in [1.165, 1.54) is 6.26 Å². The standard InChI is InChI=1S/C16H20N2O3/c1-3-4-10-20-15-8-6-5-7-14(15)16(19)18(2)12-13-9-11-21-17-13/h5-9,11H,3-4,10,12H2,1-2H3. The zero-order valence-corrected chi connectivity index (χ0v) is 12.4.